The van der Waals surface area contributed by atoms with Gasteiger partial charge in [-0.15, -0.1) is 0 Å². The van der Waals surface area contributed by atoms with Crippen molar-refractivity contribution in [2.45, 2.75) is 32.3 Å². The summed E-state index contributed by atoms with van der Waals surface area (Å²) >= 11 is 0. The summed E-state index contributed by atoms with van der Waals surface area (Å²) in [6, 6.07) is 0. The molecule has 1 fully saturated rings. The largest absolute Gasteiger partial charge is 0.481 e. The van der Waals surface area contributed by atoms with Crippen molar-refractivity contribution in [1.82, 2.24) is 0 Å². The number of esters is 1. The van der Waals surface area contributed by atoms with Crippen LogP contribution >= 0.6 is 0 Å². The first-order chi connectivity index (χ1) is 6.57. The Hall–Kier alpha value is -1.32. The van der Waals surface area contributed by atoms with Gasteiger partial charge < -0.3 is 9.84 Å². The summed E-state index contributed by atoms with van der Waals surface area (Å²) in [5.41, 5.74) is 0.0682. The first-order valence-electron chi connectivity index (χ1n) is 4.70. The van der Waals surface area contributed by atoms with Gasteiger partial charge in [-0.2, -0.15) is 0 Å². The number of carboxylic acid groups (broad SMARTS) is 1. The second kappa shape index (κ2) is 4.26. The van der Waals surface area contributed by atoms with Gasteiger partial charge in [0.2, 0.25) is 0 Å². The molecule has 1 rings (SSSR count). The molecule has 14 heavy (non-hydrogen) atoms. The van der Waals surface area contributed by atoms with Crippen molar-refractivity contribution in [3.05, 3.63) is 12.2 Å². The Balaban J connectivity index is 2.70. The van der Waals surface area contributed by atoms with Crippen LogP contribution in [0.3, 0.4) is 0 Å². The Labute approximate surface area is 82.6 Å². The fourth-order valence-electron chi connectivity index (χ4n) is 1.57. The third kappa shape index (κ3) is 1.95. The fourth-order valence-corrected chi connectivity index (χ4v) is 1.57. The summed E-state index contributed by atoms with van der Waals surface area (Å²) in [6.07, 6.45) is 1.88. The molecular weight excluding hydrogens is 184 g/mol. The van der Waals surface area contributed by atoms with Crippen molar-refractivity contribution in [2.24, 2.45) is 5.92 Å². The molecule has 1 aliphatic rings. The maximum absolute atomic E-state index is 11.1. The maximum atomic E-state index is 11.1. The van der Waals surface area contributed by atoms with Crippen LogP contribution in [0.5, 0.6) is 0 Å². The number of carbonyl (C=O) groups excluding carboxylic acids is 1. The van der Waals surface area contributed by atoms with Gasteiger partial charge in [-0.25, -0.2) is 4.79 Å². The molecule has 1 saturated heterocycles. The number of carboxylic acids is 1. The minimum atomic E-state index is -1.03. The molecule has 1 heterocycles. The van der Waals surface area contributed by atoms with E-state index in [1.807, 2.05) is 6.92 Å². The average Bonchev–Trinajstić information content (AvgIpc) is 2.39. The van der Waals surface area contributed by atoms with Crippen molar-refractivity contribution in [3.8, 4) is 0 Å². The van der Waals surface area contributed by atoms with Crippen molar-refractivity contribution < 1.29 is 19.4 Å². The van der Waals surface area contributed by atoms with E-state index >= 15 is 0 Å². The van der Waals surface area contributed by atoms with Gasteiger partial charge in [0.05, 0.1) is 0 Å². The molecule has 4 heteroatoms. The van der Waals surface area contributed by atoms with E-state index in [1.54, 1.807) is 0 Å². The highest BCUT2D eigenvalue weighted by atomic mass is 16.6. The van der Waals surface area contributed by atoms with Crippen LogP contribution in [0.15, 0.2) is 12.2 Å². The molecule has 0 aromatic carbocycles. The van der Waals surface area contributed by atoms with Crippen LogP contribution in [0.4, 0.5) is 0 Å². The number of hydrogen-bond donors (Lipinski definition) is 1. The summed E-state index contributed by atoms with van der Waals surface area (Å²) in [5.74, 6) is -2.45. The van der Waals surface area contributed by atoms with E-state index in [2.05, 4.69) is 6.58 Å². The van der Waals surface area contributed by atoms with Gasteiger partial charge >= 0.3 is 11.9 Å². The molecule has 0 unspecified atom stereocenters. The van der Waals surface area contributed by atoms with E-state index in [1.165, 1.54) is 0 Å². The SMILES string of the molecule is C=C1C(=O)O[C@@H](CCCC)[C@@H]1C(=O)O. The van der Waals surface area contributed by atoms with E-state index in [0.29, 0.717) is 6.42 Å². The van der Waals surface area contributed by atoms with Gasteiger partial charge in [-0.1, -0.05) is 26.3 Å². The van der Waals surface area contributed by atoms with E-state index in [9.17, 15) is 9.59 Å². The highest BCUT2D eigenvalue weighted by Crippen LogP contribution is 2.29. The third-order valence-corrected chi connectivity index (χ3v) is 2.38. The molecule has 2 atom stereocenters. The highest BCUT2D eigenvalue weighted by Gasteiger charge is 2.42. The minimum Gasteiger partial charge on any atom is -0.481 e. The van der Waals surface area contributed by atoms with Gasteiger partial charge in [0.1, 0.15) is 12.0 Å². The summed E-state index contributed by atoms with van der Waals surface area (Å²) < 4.78 is 4.93. The predicted octanol–water partition coefficient (Wildman–Crippen LogP) is 1.36. The number of ether oxygens (including phenoxy) is 1. The number of cyclic esters (lactones) is 1. The Bertz CT molecular complexity index is 269. The summed E-state index contributed by atoms with van der Waals surface area (Å²) in [6.45, 7) is 5.44. The molecule has 0 amide bonds. The molecule has 4 nitrogen and oxygen atoms in total. The Morgan fingerprint density at radius 1 is 1.64 bits per heavy atom. The zero-order chi connectivity index (χ0) is 10.7. The van der Waals surface area contributed by atoms with Gasteiger partial charge in [-0.3, -0.25) is 4.79 Å². The van der Waals surface area contributed by atoms with Crippen LogP contribution in [0.25, 0.3) is 0 Å². The number of carbonyl (C=O) groups is 2. The molecule has 0 spiro atoms. The molecule has 0 radical (unpaired) electrons. The monoisotopic (exact) mass is 198 g/mol. The van der Waals surface area contributed by atoms with Crippen LogP contribution in [-0.2, 0) is 14.3 Å². The van der Waals surface area contributed by atoms with Gasteiger partial charge in [-0.05, 0) is 6.42 Å². The quantitative estimate of drug-likeness (QED) is 0.547. The van der Waals surface area contributed by atoms with Crippen LogP contribution in [0.1, 0.15) is 26.2 Å². The molecule has 0 bridgehead atoms. The van der Waals surface area contributed by atoms with Crippen LogP contribution in [-0.4, -0.2) is 23.1 Å². The summed E-state index contributed by atoms with van der Waals surface area (Å²) in [5, 5.41) is 8.88. The predicted molar refractivity (Wildman–Crippen MR) is 49.7 cm³/mol. The van der Waals surface area contributed by atoms with Crippen LogP contribution in [0, 0.1) is 5.92 Å². The van der Waals surface area contributed by atoms with E-state index < -0.39 is 24.0 Å². The van der Waals surface area contributed by atoms with E-state index in [0.717, 1.165) is 12.8 Å². The third-order valence-electron chi connectivity index (χ3n) is 2.38. The van der Waals surface area contributed by atoms with Crippen molar-refractivity contribution in [1.29, 1.82) is 0 Å². The Morgan fingerprint density at radius 2 is 2.29 bits per heavy atom. The topological polar surface area (TPSA) is 63.6 Å². The average molecular weight is 198 g/mol. The summed E-state index contributed by atoms with van der Waals surface area (Å²) in [4.78, 5) is 21.9. The number of aliphatic carboxylic acids is 1. The van der Waals surface area contributed by atoms with Crippen LogP contribution in [0.2, 0.25) is 0 Å². The molecule has 0 aliphatic carbocycles. The lowest BCUT2D eigenvalue weighted by Crippen LogP contribution is -2.24. The first-order valence-corrected chi connectivity index (χ1v) is 4.70. The molecule has 0 aromatic heterocycles. The fraction of sp³-hybridized carbons (Fsp3) is 0.600. The lowest BCUT2D eigenvalue weighted by Gasteiger charge is -2.12. The van der Waals surface area contributed by atoms with E-state index in [-0.39, 0.29) is 5.57 Å². The molecule has 78 valence electrons. The molecular formula is C10H14O4. The first kappa shape index (κ1) is 10.8. The standard InChI is InChI=1S/C10H14O4/c1-3-4-5-7-8(9(11)12)6(2)10(13)14-7/h7-8H,2-5H2,1H3,(H,11,12)/t7-,8+/m0/s1. The van der Waals surface area contributed by atoms with Gasteiger partial charge in [0.25, 0.3) is 0 Å². The zero-order valence-corrected chi connectivity index (χ0v) is 8.16. The lowest BCUT2D eigenvalue weighted by molar-refractivity contribution is -0.144. The molecule has 1 aliphatic heterocycles. The van der Waals surface area contributed by atoms with Crippen molar-refractivity contribution >= 4 is 11.9 Å². The molecule has 0 saturated carbocycles. The molecule has 0 aromatic rings. The number of rotatable bonds is 4. The second-order valence-electron chi connectivity index (χ2n) is 3.43. The number of hydrogen-bond acceptors (Lipinski definition) is 3. The minimum absolute atomic E-state index is 0.0682. The van der Waals surface area contributed by atoms with Crippen LogP contribution < -0.4 is 0 Å². The normalized spacial score (nSPS) is 26.4. The Morgan fingerprint density at radius 3 is 2.79 bits per heavy atom. The number of unbranched alkanes of at least 4 members (excludes halogenated alkanes) is 1. The smallest absolute Gasteiger partial charge is 0.334 e. The second-order valence-corrected chi connectivity index (χ2v) is 3.43. The van der Waals surface area contributed by atoms with Crippen molar-refractivity contribution in [3.63, 3.8) is 0 Å². The summed E-state index contributed by atoms with van der Waals surface area (Å²) in [7, 11) is 0. The van der Waals surface area contributed by atoms with Gasteiger partial charge in [0.15, 0.2) is 0 Å². The van der Waals surface area contributed by atoms with Crippen molar-refractivity contribution in [2.75, 3.05) is 0 Å². The van der Waals surface area contributed by atoms with Gasteiger partial charge in [0, 0.05) is 5.57 Å². The maximum Gasteiger partial charge on any atom is 0.334 e. The lowest BCUT2D eigenvalue weighted by atomic mass is 9.94. The zero-order valence-electron chi connectivity index (χ0n) is 8.16. The Kier molecular flexibility index (Phi) is 3.28. The highest BCUT2D eigenvalue weighted by molar-refractivity contribution is 5.97. The molecule has 1 N–H and O–H groups in total. The van der Waals surface area contributed by atoms with E-state index in [4.69, 9.17) is 9.84 Å².